The molecule has 0 N–H and O–H groups in total. The van der Waals surface area contributed by atoms with E-state index in [-0.39, 0.29) is 12.0 Å². The van der Waals surface area contributed by atoms with Crippen molar-refractivity contribution in [1.29, 1.82) is 0 Å². The molecule has 1 aliphatic heterocycles. The summed E-state index contributed by atoms with van der Waals surface area (Å²) in [5.41, 5.74) is 2.30. The van der Waals surface area contributed by atoms with Crippen LogP contribution in [0.1, 0.15) is 21.7 Å². The molecule has 1 aromatic heterocycles. The van der Waals surface area contributed by atoms with Crippen LogP contribution in [0.3, 0.4) is 0 Å². The summed E-state index contributed by atoms with van der Waals surface area (Å²) in [5, 5.41) is 0. The van der Waals surface area contributed by atoms with E-state index in [2.05, 4.69) is 9.97 Å². The standard InChI is InChI=1S/C18H21N3O3/c1-13-10-20-17(11-19-13)18(22)21-6-7-24-16(12-21)9-14-4-3-5-15(8-14)23-2/h3-5,8,10-11,16H,6-7,9,12H2,1-2H3/t16-/m0/s1. The first kappa shape index (κ1) is 16.4. The third kappa shape index (κ3) is 3.89. The first-order chi connectivity index (χ1) is 11.7. The average molecular weight is 327 g/mol. The Morgan fingerprint density at radius 2 is 2.25 bits per heavy atom. The summed E-state index contributed by atoms with van der Waals surface area (Å²) in [4.78, 5) is 22.7. The summed E-state index contributed by atoms with van der Waals surface area (Å²) in [6, 6.07) is 7.91. The molecule has 0 bridgehead atoms. The van der Waals surface area contributed by atoms with Crippen molar-refractivity contribution in [1.82, 2.24) is 14.9 Å². The van der Waals surface area contributed by atoms with Crippen LogP contribution in [0.4, 0.5) is 0 Å². The number of benzene rings is 1. The van der Waals surface area contributed by atoms with Crippen LogP contribution in [-0.2, 0) is 11.2 Å². The maximum absolute atomic E-state index is 12.6. The Kier molecular flexibility index (Phi) is 5.05. The van der Waals surface area contributed by atoms with Crippen LogP contribution in [0, 0.1) is 6.92 Å². The summed E-state index contributed by atoms with van der Waals surface area (Å²) < 4.78 is 11.1. The second-order valence-electron chi connectivity index (χ2n) is 5.84. The number of morpholine rings is 1. The Morgan fingerprint density at radius 3 is 3.00 bits per heavy atom. The molecule has 1 aromatic carbocycles. The molecule has 0 radical (unpaired) electrons. The van der Waals surface area contributed by atoms with Crippen LogP contribution in [0.25, 0.3) is 0 Å². The minimum absolute atomic E-state index is 0.0341. The van der Waals surface area contributed by atoms with E-state index in [4.69, 9.17) is 9.47 Å². The number of rotatable bonds is 4. The van der Waals surface area contributed by atoms with E-state index in [0.717, 1.165) is 23.4 Å². The van der Waals surface area contributed by atoms with Crippen LogP contribution in [0.5, 0.6) is 5.75 Å². The molecule has 1 saturated heterocycles. The van der Waals surface area contributed by atoms with E-state index in [9.17, 15) is 4.79 Å². The molecule has 3 rings (SSSR count). The first-order valence-corrected chi connectivity index (χ1v) is 7.98. The van der Waals surface area contributed by atoms with Crippen molar-refractivity contribution < 1.29 is 14.3 Å². The Bertz CT molecular complexity index is 703. The lowest BCUT2D eigenvalue weighted by Gasteiger charge is -2.32. The van der Waals surface area contributed by atoms with Gasteiger partial charge < -0.3 is 14.4 Å². The molecular formula is C18H21N3O3. The summed E-state index contributed by atoms with van der Waals surface area (Å²) in [5.74, 6) is 0.729. The number of amides is 1. The van der Waals surface area contributed by atoms with E-state index in [0.29, 0.717) is 25.4 Å². The van der Waals surface area contributed by atoms with Gasteiger partial charge in [-0.05, 0) is 24.6 Å². The maximum Gasteiger partial charge on any atom is 0.274 e. The number of carbonyl (C=O) groups excluding carboxylic acids is 1. The predicted molar refractivity (Wildman–Crippen MR) is 89.1 cm³/mol. The molecule has 0 spiro atoms. The van der Waals surface area contributed by atoms with E-state index in [1.54, 1.807) is 18.2 Å². The van der Waals surface area contributed by atoms with Gasteiger partial charge in [-0.25, -0.2) is 4.98 Å². The van der Waals surface area contributed by atoms with Gasteiger partial charge in [0.25, 0.3) is 5.91 Å². The van der Waals surface area contributed by atoms with Gasteiger partial charge in [0.1, 0.15) is 11.4 Å². The van der Waals surface area contributed by atoms with Crippen molar-refractivity contribution in [3.8, 4) is 5.75 Å². The second-order valence-corrected chi connectivity index (χ2v) is 5.84. The Hall–Kier alpha value is -2.47. The minimum atomic E-state index is -0.0959. The van der Waals surface area contributed by atoms with Crippen LogP contribution in [-0.4, -0.2) is 53.7 Å². The SMILES string of the molecule is COc1cccc(C[C@H]2CN(C(=O)c3cnc(C)cn3)CCO2)c1. The molecule has 24 heavy (non-hydrogen) atoms. The van der Waals surface area contributed by atoms with E-state index in [1.807, 2.05) is 31.2 Å². The molecule has 0 unspecified atom stereocenters. The molecule has 1 atom stereocenters. The summed E-state index contributed by atoms with van der Waals surface area (Å²) >= 11 is 0. The highest BCUT2D eigenvalue weighted by molar-refractivity contribution is 5.92. The second kappa shape index (κ2) is 7.40. The molecule has 1 fully saturated rings. The van der Waals surface area contributed by atoms with Gasteiger partial charge in [0, 0.05) is 25.7 Å². The number of hydrogen-bond donors (Lipinski definition) is 0. The topological polar surface area (TPSA) is 64.5 Å². The molecule has 1 amide bonds. The molecule has 6 nitrogen and oxygen atoms in total. The lowest BCUT2D eigenvalue weighted by atomic mass is 10.1. The number of ether oxygens (including phenoxy) is 2. The third-order valence-corrected chi connectivity index (χ3v) is 4.02. The Labute approximate surface area is 141 Å². The quantitative estimate of drug-likeness (QED) is 0.858. The van der Waals surface area contributed by atoms with Crippen LogP contribution >= 0.6 is 0 Å². The zero-order chi connectivity index (χ0) is 16.9. The largest absolute Gasteiger partial charge is 0.497 e. The van der Waals surface area contributed by atoms with Crippen LogP contribution in [0.15, 0.2) is 36.7 Å². The predicted octanol–water partition coefficient (Wildman–Crippen LogP) is 1.88. The molecule has 1 aliphatic rings. The Balaban J connectivity index is 1.65. The summed E-state index contributed by atoms with van der Waals surface area (Å²) in [7, 11) is 1.65. The smallest absolute Gasteiger partial charge is 0.274 e. The van der Waals surface area contributed by atoms with Gasteiger partial charge in [0.05, 0.1) is 31.7 Å². The fourth-order valence-corrected chi connectivity index (χ4v) is 2.75. The fourth-order valence-electron chi connectivity index (χ4n) is 2.75. The van der Waals surface area contributed by atoms with Gasteiger partial charge >= 0.3 is 0 Å². The number of nitrogens with zero attached hydrogens (tertiary/aromatic N) is 3. The molecule has 2 aromatic rings. The molecule has 0 saturated carbocycles. The zero-order valence-electron chi connectivity index (χ0n) is 13.9. The molecular weight excluding hydrogens is 306 g/mol. The minimum Gasteiger partial charge on any atom is -0.497 e. The van der Waals surface area contributed by atoms with Crippen LogP contribution in [0.2, 0.25) is 0 Å². The van der Waals surface area contributed by atoms with Crippen molar-refractivity contribution in [2.24, 2.45) is 0 Å². The maximum atomic E-state index is 12.6. The monoisotopic (exact) mass is 327 g/mol. The fraction of sp³-hybridized carbons (Fsp3) is 0.389. The van der Waals surface area contributed by atoms with Crippen molar-refractivity contribution in [3.63, 3.8) is 0 Å². The normalized spacial score (nSPS) is 17.6. The summed E-state index contributed by atoms with van der Waals surface area (Å²) in [6.45, 7) is 3.49. The van der Waals surface area contributed by atoms with Crippen LogP contribution < -0.4 is 4.74 Å². The highest BCUT2D eigenvalue weighted by Gasteiger charge is 2.26. The van der Waals surface area contributed by atoms with E-state index < -0.39 is 0 Å². The highest BCUT2D eigenvalue weighted by atomic mass is 16.5. The zero-order valence-corrected chi connectivity index (χ0v) is 13.9. The first-order valence-electron chi connectivity index (χ1n) is 7.98. The molecule has 0 aliphatic carbocycles. The van der Waals surface area contributed by atoms with E-state index in [1.165, 1.54) is 6.20 Å². The highest BCUT2D eigenvalue weighted by Crippen LogP contribution is 2.17. The lowest BCUT2D eigenvalue weighted by molar-refractivity contribution is -0.0210. The third-order valence-electron chi connectivity index (χ3n) is 4.02. The number of hydrogen-bond acceptors (Lipinski definition) is 5. The number of methoxy groups -OCH3 is 1. The van der Waals surface area contributed by atoms with E-state index >= 15 is 0 Å². The van der Waals surface area contributed by atoms with Gasteiger partial charge in [0.15, 0.2) is 0 Å². The number of aromatic nitrogens is 2. The van der Waals surface area contributed by atoms with Gasteiger partial charge in [-0.3, -0.25) is 9.78 Å². The van der Waals surface area contributed by atoms with Gasteiger partial charge in [0.2, 0.25) is 0 Å². The average Bonchev–Trinajstić information content (AvgIpc) is 2.62. The molecule has 126 valence electrons. The van der Waals surface area contributed by atoms with Gasteiger partial charge in [-0.2, -0.15) is 0 Å². The lowest BCUT2D eigenvalue weighted by Crippen LogP contribution is -2.46. The number of carbonyl (C=O) groups is 1. The van der Waals surface area contributed by atoms with Gasteiger partial charge in [-0.1, -0.05) is 12.1 Å². The van der Waals surface area contributed by atoms with Crippen molar-refractivity contribution in [2.45, 2.75) is 19.4 Å². The number of aryl methyl sites for hydroxylation is 1. The summed E-state index contributed by atoms with van der Waals surface area (Å²) in [6.07, 6.45) is 3.85. The van der Waals surface area contributed by atoms with Crippen molar-refractivity contribution >= 4 is 5.91 Å². The molecule has 6 heteroatoms. The Morgan fingerprint density at radius 1 is 1.38 bits per heavy atom. The van der Waals surface area contributed by atoms with Gasteiger partial charge in [-0.15, -0.1) is 0 Å². The van der Waals surface area contributed by atoms with Crippen molar-refractivity contribution in [3.05, 3.63) is 53.6 Å². The van der Waals surface area contributed by atoms with Crippen molar-refractivity contribution in [2.75, 3.05) is 26.8 Å². The molecule has 2 heterocycles.